The van der Waals surface area contributed by atoms with Gasteiger partial charge in [-0.05, 0) is 32.1 Å². The van der Waals surface area contributed by atoms with Gasteiger partial charge in [0, 0.05) is 19.6 Å². The summed E-state index contributed by atoms with van der Waals surface area (Å²) in [5.41, 5.74) is 0. The van der Waals surface area contributed by atoms with Gasteiger partial charge in [-0.25, -0.2) is 4.98 Å². The highest BCUT2D eigenvalue weighted by atomic mass is 15.1. The molecule has 0 fully saturated rings. The van der Waals surface area contributed by atoms with Crippen LogP contribution >= 0.6 is 0 Å². The maximum Gasteiger partial charge on any atom is 0.128 e. The number of rotatable bonds is 8. The van der Waals surface area contributed by atoms with Gasteiger partial charge in [-0.3, -0.25) is 0 Å². The van der Waals surface area contributed by atoms with Crippen molar-refractivity contribution in [2.75, 3.05) is 43.9 Å². The number of pyridine rings is 1. The lowest BCUT2D eigenvalue weighted by molar-refractivity contribution is 0.367. The van der Waals surface area contributed by atoms with E-state index < -0.39 is 0 Å². The first-order valence-corrected chi connectivity index (χ1v) is 6.39. The van der Waals surface area contributed by atoms with Gasteiger partial charge in [0.05, 0.1) is 0 Å². The normalized spacial score (nSPS) is 10.6. The Morgan fingerprint density at radius 2 is 1.76 bits per heavy atom. The molecule has 0 unspecified atom stereocenters. The fourth-order valence-electron chi connectivity index (χ4n) is 1.42. The molecule has 0 spiro atoms. The van der Waals surface area contributed by atoms with Crippen molar-refractivity contribution in [1.29, 1.82) is 0 Å². The fourth-order valence-corrected chi connectivity index (χ4v) is 1.42. The summed E-state index contributed by atoms with van der Waals surface area (Å²) in [6, 6.07) is 6.03. The van der Waals surface area contributed by atoms with Crippen molar-refractivity contribution in [3.8, 4) is 0 Å². The number of likely N-dealkylation sites (N-methyl/N-ethyl adjacent to an activating group) is 1. The number of nitrogens with one attached hydrogen (secondary N) is 2. The van der Waals surface area contributed by atoms with Gasteiger partial charge in [0.15, 0.2) is 0 Å². The molecule has 1 heterocycles. The first-order valence-electron chi connectivity index (χ1n) is 6.39. The molecule has 0 saturated carbocycles. The van der Waals surface area contributed by atoms with Gasteiger partial charge < -0.3 is 15.5 Å². The van der Waals surface area contributed by atoms with Gasteiger partial charge in [-0.2, -0.15) is 0 Å². The van der Waals surface area contributed by atoms with Gasteiger partial charge in [-0.1, -0.05) is 19.9 Å². The first kappa shape index (κ1) is 13.8. The van der Waals surface area contributed by atoms with Crippen LogP contribution < -0.4 is 10.6 Å². The third-order valence-electron chi connectivity index (χ3n) is 2.64. The second kappa shape index (κ2) is 7.90. The van der Waals surface area contributed by atoms with Crippen LogP contribution in [0, 0.1) is 0 Å². The van der Waals surface area contributed by atoms with Crippen molar-refractivity contribution in [1.82, 2.24) is 9.88 Å². The second-order valence-electron chi connectivity index (χ2n) is 4.16. The highest BCUT2D eigenvalue weighted by Crippen LogP contribution is 2.08. The molecule has 0 saturated heterocycles. The number of hydrogen-bond donors (Lipinski definition) is 2. The Morgan fingerprint density at radius 3 is 2.35 bits per heavy atom. The van der Waals surface area contributed by atoms with E-state index in [0.29, 0.717) is 0 Å². The summed E-state index contributed by atoms with van der Waals surface area (Å²) < 4.78 is 0. The Hall–Kier alpha value is -1.29. The van der Waals surface area contributed by atoms with E-state index in [-0.39, 0.29) is 0 Å². The molecule has 0 aliphatic carbocycles. The quantitative estimate of drug-likeness (QED) is 0.726. The third-order valence-corrected chi connectivity index (χ3v) is 2.64. The molecule has 1 aromatic rings. The molecule has 0 atom stereocenters. The van der Waals surface area contributed by atoms with Crippen molar-refractivity contribution in [3.63, 3.8) is 0 Å². The Bertz CT molecular complexity index is 314. The topological polar surface area (TPSA) is 40.2 Å². The van der Waals surface area contributed by atoms with Crippen LogP contribution in [0.15, 0.2) is 18.2 Å². The first-order chi connectivity index (χ1) is 8.26. The predicted octanol–water partition coefficient (Wildman–Crippen LogP) is 2.27. The smallest absolute Gasteiger partial charge is 0.128 e. The van der Waals surface area contributed by atoms with Crippen LogP contribution in [0.1, 0.15) is 20.3 Å². The lowest BCUT2D eigenvalue weighted by Gasteiger charge is -2.14. The molecule has 0 aliphatic rings. The van der Waals surface area contributed by atoms with Crippen LogP contribution in [0.25, 0.3) is 0 Å². The summed E-state index contributed by atoms with van der Waals surface area (Å²) in [5, 5.41) is 6.62. The van der Waals surface area contributed by atoms with Crippen LogP contribution in [0.3, 0.4) is 0 Å². The number of nitrogens with zero attached hydrogens (tertiary/aromatic N) is 2. The van der Waals surface area contributed by atoms with Crippen LogP contribution in [0.4, 0.5) is 11.6 Å². The van der Waals surface area contributed by atoms with E-state index in [0.717, 1.165) is 44.2 Å². The number of hydrogen-bond acceptors (Lipinski definition) is 4. The summed E-state index contributed by atoms with van der Waals surface area (Å²) in [5.74, 6) is 1.89. The Kier molecular flexibility index (Phi) is 6.40. The molecule has 0 bridgehead atoms. The molecule has 1 aromatic heterocycles. The van der Waals surface area contributed by atoms with Crippen molar-refractivity contribution < 1.29 is 0 Å². The van der Waals surface area contributed by atoms with Gasteiger partial charge in [0.2, 0.25) is 0 Å². The van der Waals surface area contributed by atoms with Gasteiger partial charge in [0.25, 0.3) is 0 Å². The minimum Gasteiger partial charge on any atom is -0.370 e. The minimum atomic E-state index is 0.925. The van der Waals surface area contributed by atoms with Gasteiger partial charge in [0.1, 0.15) is 11.6 Å². The highest BCUT2D eigenvalue weighted by Gasteiger charge is 1.97. The van der Waals surface area contributed by atoms with E-state index in [1.807, 2.05) is 18.2 Å². The average molecular weight is 236 g/mol. The molecule has 17 heavy (non-hydrogen) atoms. The molecular weight excluding hydrogens is 212 g/mol. The Balaban J connectivity index is 2.37. The zero-order chi connectivity index (χ0) is 12.5. The third kappa shape index (κ3) is 5.54. The monoisotopic (exact) mass is 236 g/mol. The standard InChI is InChI=1S/C13H24N4/c1-4-9-14-12-7-6-8-13(16-12)15-10-11-17(3)5-2/h6-8H,4-5,9-11H2,1-3H3,(H2,14,15,16). The lowest BCUT2D eigenvalue weighted by Crippen LogP contribution is -2.24. The fraction of sp³-hybridized carbons (Fsp3) is 0.615. The van der Waals surface area contributed by atoms with E-state index in [4.69, 9.17) is 0 Å². The van der Waals surface area contributed by atoms with Crippen LogP contribution in [0.5, 0.6) is 0 Å². The molecule has 1 rings (SSSR count). The highest BCUT2D eigenvalue weighted by molar-refractivity contribution is 5.44. The molecule has 0 aromatic carbocycles. The van der Waals surface area contributed by atoms with Crippen LogP contribution in [-0.2, 0) is 0 Å². The van der Waals surface area contributed by atoms with E-state index in [2.05, 4.69) is 41.4 Å². The summed E-state index contributed by atoms with van der Waals surface area (Å²) in [6.07, 6.45) is 1.11. The summed E-state index contributed by atoms with van der Waals surface area (Å²) in [7, 11) is 2.12. The number of aromatic nitrogens is 1. The molecule has 0 amide bonds. The molecule has 2 N–H and O–H groups in total. The largest absolute Gasteiger partial charge is 0.370 e. The van der Waals surface area contributed by atoms with Crippen molar-refractivity contribution in [3.05, 3.63) is 18.2 Å². The van der Waals surface area contributed by atoms with Gasteiger partial charge in [-0.15, -0.1) is 0 Å². The van der Waals surface area contributed by atoms with E-state index >= 15 is 0 Å². The van der Waals surface area contributed by atoms with E-state index in [1.165, 1.54) is 0 Å². The molecule has 4 heteroatoms. The lowest BCUT2D eigenvalue weighted by atomic mass is 10.4. The molecule has 0 aliphatic heterocycles. The minimum absolute atomic E-state index is 0.925. The Labute approximate surface area is 104 Å². The molecule has 96 valence electrons. The molecular formula is C13H24N4. The van der Waals surface area contributed by atoms with Crippen LogP contribution in [-0.4, -0.2) is 43.1 Å². The zero-order valence-electron chi connectivity index (χ0n) is 11.2. The van der Waals surface area contributed by atoms with Crippen molar-refractivity contribution in [2.45, 2.75) is 20.3 Å². The van der Waals surface area contributed by atoms with Gasteiger partial charge >= 0.3 is 0 Å². The van der Waals surface area contributed by atoms with Crippen molar-refractivity contribution in [2.24, 2.45) is 0 Å². The number of anilines is 2. The molecule has 4 nitrogen and oxygen atoms in total. The second-order valence-corrected chi connectivity index (χ2v) is 4.16. The molecule has 0 radical (unpaired) electrons. The summed E-state index contributed by atoms with van der Waals surface area (Å²) >= 11 is 0. The predicted molar refractivity (Wildman–Crippen MR) is 74.7 cm³/mol. The van der Waals surface area contributed by atoms with Crippen molar-refractivity contribution >= 4 is 11.6 Å². The zero-order valence-corrected chi connectivity index (χ0v) is 11.2. The maximum atomic E-state index is 4.49. The van der Waals surface area contributed by atoms with E-state index in [9.17, 15) is 0 Å². The summed E-state index contributed by atoms with van der Waals surface area (Å²) in [4.78, 5) is 6.76. The summed E-state index contributed by atoms with van der Waals surface area (Å²) in [6.45, 7) is 8.31. The Morgan fingerprint density at radius 1 is 1.12 bits per heavy atom. The maximum absolute atomic E-state index is 4.49. The SMILES string of the molecule is CCCNc1cccc(NCCN(C)CC)n1. The average Bonchev–Trinajstić information content (AvgIpc) is 2.36. The van der Waals surface area contributed by atoms with Crippen LogP contribution in [0.2, 0.25) is 0 Å². The van der Waals surface area contributed by atoms with E-state index in [1.54, 1.807) is 0 Å².